The van der Waals surface area contributed by atoms with E-state index in [1.165, 1.54) is 11.5 Å². The third-order valence-corrected chi connectivity index (χ3v) is 5.76. The number of hydrogen-bond acceptors (Lipinski definition) is 4. The van der Waals surface area contributed by atoms with Crippen molar-refractivity contribution < 1.29 is 14.3 Å². The molecule has 0 atom stereocenters. The van der Waals surface area contributed by atoms with E-state index >= 15 is 0 Å². The smallest absolute Gasteiger partial charge is 0.248 e. The second kappa shape index (κ2) is 8.88. The number of amides is 1. The Morgan fingerprint density at radius 2 is 1.96 bits per heavy atom. The summed E-state index contributed by atoms with van der Waals surface area (Å²) in [5.74, 6) is 2.26. The molecule has 0 saturated carbocycles. The molecule has 4 rings (SSSR count). The predicted molar refractivity (Wildman–Crippen MR) is 106 cm³/mol. The average molecular weight is 383 g/mol. The molecule has 6 nitrogen and oxygen atoms in total. The Bertz CT molecular complexity index is 778. The molecule has 2 aliphatic heterocycles. The van der Waals surface area contributed by atoms with Crippen molar-refractivity contribution in [3.63, 3.8) is 0 Å². The first-order valence-electron chi connectivity index (χ1n) is 10.2. The molecule has 0 radical (unpaired) electrons. The maximum atomic E-state index is 12.3. The lowest BCUT2D eigenvalue weighted by molar-refractivity contribution is -0.143. The van der Waals surface area contributed by atoms with Crippen molar-refractivity contribution in [3.05, 3.63) is 53.6 Å². The molecule has 0 N–H and O–H groups in total. The van der Waals surface area contributed by atoms with Gasteiger partial charge in [0, 0.05) is 56.6 Å². The first-order valence-corrected chi connectivity index (χ1v) is 10.2. The lowest BCUT2D eigenvalue weighted by Gasteiger charge is -2.40. The number of hydrogen-bond donors (Lipinski definition) is 0. The fourth-order valence-electron chi connectivity index (χ4n) is 4.07. The van der Waals surface area contributed by atoms with Crippen molar-refractivity contribution in [1.29, 1.82) is 0 Å². The first kappa shape index (κ1) is 19.2. The van der Waals surface area contributed by atoms with Gasteiger partial charge in [0.2, 0.25) is 5.91 Å². The van der Waals surface area contributed by atoms with Crippen molar-refractivity contribution >= 4 is 5.91 Å². The summed E-state index contributed by atoms with van der Waals surface area (Å²) in [6.45, 7) is 6.95. The summed E-state index contributed by atoms with van der Waals surface area (Å²) in [4.78, 5) is 18.9. The third-order valence-electron chi connectivity index (χ3n) is 5.76. The molecule has 28 heavy (non-hydrogen) atoms. The van der Waals surface area contributed by atoms with Gasteiger partial charge in [-0.1, -0.05) is 30.3 Å². The number of ether oxygens (including phenoxy) is 2. The molecule has 0 bridgehead atoms. The molecule has 0 aliphatic carbocycles. The Morgan fingerprint density at radius 3 is 2.71 bits per heavy atom. The molecule has 1 amide bonds. The molecule has 6 heteroatoms. The summed E-state index contributed by atoms with van der Waals surface area (Å²) in [5, 5.41) is 0. The largest absolute Gasteiger partial charge is 0.381 e. The monoisotopic (exact) mass is 383 g/mol. The fraction of sp³-hybridized carbons (Fsp3) is 0.545. The van der Waals surface area contributed by atoms with Gasteiger partial charge >= 0.3 is 0 Å². The van der Waals surface area contributed by atoms with E-state index in [0.29, 0.717) is 18.4 Å². The number of rotatable bonds is 7. The molecule has 2 fully saturated rings. The molecule has 150 valence electrons. The van der Waals surface area contributed by atoms with Crippen LogP contribution in [-0.4, -0.2) is 53.3 Å². The zero-order chi connectivity index (χ0) is 19.3. The molecule has 0 unspecified atom stereocenters. The number of nitrogens with zero attached hydrogens (tertiary/aromatic N) is 3. The van der Waals surface area contributed by atoms with E-state index in [4.69, 9.17) is 9.47 Å². The molecular weight excluding hydrogens is 354 g/mol. The van der Waals surface area contributed by atoms with Gasteiger partial charge in [-0.15, -0.1) is 0 Å². The van der Waals surface area contributed by atoms with Crippen LogP contribution >= 0.6 is 0 Å². The summed E-state index contributed by atoms with van der Waals surface area (Å²) in [6.07, 6.45) is 4.07. The Morgan fingerprint density at radius 1 is 1.21 bits per heavy atom. The van der Waals surface area contributed by atoms with E-state index in [-0.39, 0.29) is 12.5 Å². The van der Waals surface area contributed by atoms with E-state index in [1.807, 2.05) is 41.4 Å². The highest BCUT2D eigenvalue weighted by molar-refractivity contribution is 5.78. The van der Waals surface area contributed by atoms with Crippen LogP contribution in [0, 0.1) is 12.8 Å². The van der Waals surface area contributed by atoms with Crippen LogP contribution in [0.15, 0.2) is 36.5 Å². The number of imidazole rings is 1. The van der Waals surface area contributed by atoms with Crippen molar-refractivity contribution in [3.8, 4) is 0 Å². The van der Waals surface area contributed by atoms with Gasteiger partial charge in [-0.2, -0.15) is 0 Å². The number of likely N-dealkylation sites (tertiary alicyclic amines) is 1. The minimum Gasteiger partial charge on any atom is -0.381 e. The molecular formula is C22H29N3O3. The van der Waals surface area contributed by atoms with Crippen LogP contribution < -0.4 is 0 Å². The maximum Gasteiger partial charge on any atom is 0.248 e. The molecule has 0 spiro atoms. The van der Waals surface area contributed by atoms with Gasteiger partial charge in [0.1, 0.15) is 12.4 Å². The minimum atomic E-state index is 0.0826. The van der Waals surface area contributed by atoms with Crippen LogP contribution in [0.25, 0.3) is 0 Å². The van der Waals surface area contributed by atoms with Gasteiger partial charge in [-0.25, -0.2) is 4.98 Å². The van der Waals surface area contributed by atoms with Gasteiger partial charge in [0.25, 0.3) is 0 Å². The van der Waals surface area contributed by atoms with Gasteiger partial charge in [-0.05, 0) is 25.3 Å². The Hall–Kier alpha value is -2.18. The van der Waals surface area contributed by atoms with E-state index in [1.54, 1.807) is 0 Å². The van der Waals surface area contributed by atoms with Crippen molar-refractivity contribution in [1.82, 2.24) is 14.5 Å². The van der Waals surface area contributed by atoms with Crippen molar-refractivity contribution in [2.24, 2.45) is 5.92 Å². The lowest BCUT2D eigenvalue weighted by Crippen LogP contribution is -2.52. The van der Waals surface area contributed by atoms with Crippen LogP contribution in [0.5, 0.6) is 0 Å². The number of benzene rings is 1. The second-order valence-corrected chi connectivity index (χ2v) is 7.90. The molecule has 1 aromatic heterocycles. The van der Waals surface area contributed by atoms with Crippen molar-refractivity contribution in [2.75, 3.05) is 32.9 Å². The van der Waals surface area contributed by atoms with E-state index in [0.717, 1.165) is 51.3 Å². The molecule has 1 aromatic carbocycles. The van der Waals surface area contributed by atoms with Crippen molar-refractivity contribution in [2.45, 2.75) is 38.8 Å². The third kappa shape index (κ3) is 4.45. The lowest BCUT2D eigenvalue weighted by atomic mass is 9.97. The summed E-state index contributed by atoms with van der Waals surface area (Å²) in [5.41, 5.74) is 2.30. The summed E-state index contributed by atoms with van der Waals surface area (Å²) < 4.78 is 13.4. The number of carbonyl (C=O) groups is 1. The van der Waals surface area contributed by atoms with Crippen LogP contribution in [0.3, 0.4) is 0 Å². The SMILES string of the molecule is Cc1cnc(C2CCOCC2)n1CC1CN(C(=O)COCc2ccccc2)C1. The van der Waals surface area contributed by atoms with Crippen LogP contribution in [-0.2, 0) is 27.4 Å². The predicted octanol–water partition coefficient (Wildman–Crippen LogP) is 2.76. The molecule has 2 saturated heterocycles. The van der Waals surface area contributed by atoms with Gasteiger partial charge < -0.3 is 18.9 Å². The Balaban J connectivity index is 1.23. The maximum absolute atomic E-state index is 12.3. The fourth-order valence-corrected chi connectivity index (χ4v) is 4.07. The first-order chi connectivity index (χ1) is 13.7. The zero-order valence-corrected chi connectivity index (χ0v) is 16.5. The molecule has 2 aromatic rings. The standard InChI is InChI=1S/C22H29N3O3/c1-17-11-23-22(20-7-9-27-10-8-20)25(17)14-19-12-24(13-19)21(26)16-28-15-18-5-3-2-4-6-18/h2-6,11,19-20H,7-10,12-16H2,1H3. The second-order valence-electron chi connectivity index (χ2n) is 7.90. The van der Waals surface area contributed by atoms with Gasteiger partial charge in [0.05, 0.1) is 6.61 Å². The van der Waals surface area contributed by atoms with Crippen LogP contribution in [0.1, 0.15) is 35.8 Å². The zero-order valence-electron chi connectivity index (χ0n) is 16.5. The average Bonchev–Trinajstić information content (AvgIpc) is 3.06. The molecule has 3 heterocycles. The number of aromatic nitrogens is 2. The Kier molecular flexibility index (Phi) is 6.07. The summed E-state index contributed by atoms with van der Waals surface area (Å²) >= 11 is 0. The Labute approximate surface area is 166 Å². The molecule has 2 aliphatic rings. The number of carbonyl (C=O) groups excluding carboxylic acids is 1. The number of aryl methyl sites for hydroxylation is 1. The van der Waals surface area contributed by atoms with E-state index in [9.17, 15) is 4.79 Å². The van der Waals surface area contributed by atoms with Crippen LogP contribution in [0.4, 0.5) is 0 Å². The van der Waals surface area contributed by atoms with E-state index < -0.39 is 0 Å². The van der Waals surface area contributed by atoms with Gasteiger partial charge in [-0.3, -0.25) is 4.79 Å². The highest BCUT2D eigenvalue weighted by Gasteiger charge is 2.32. The van der Waals surface area contributed by atoms with Crippen LogP contribution in [0.2, 0.25) is 0 Å². The van der Waals surface area contributed by atoms with Gasteiger partial charge in [0.15, 0.2) is 0 Å². The highest BCUT2D eigenvalue weighted by atomic mass is 16.5. The quantitative estimate of drug-likeness (QED) is 0.738. The summed E-state index contributed by atoms with van der Waals surface area (Å²) in [7, 11) is 0. The van der Waals surface area contributed by atoms with E-state index in [2.05, 4.69) is 16.5 Å². The topological polar surface area (TPSA) is 56.6 Å². The normalized spacial score (nSPS) is 18.2. The highest BCUT2D eigenvalue weighted by Crippen LogP contribution is 2.28. The minimum absolute atomic E-state index is 0.0826. The summed E-state index contributed by atoms with van der Waals surface area (Å²) in [6, 6.07) is 9.95.